The highest BCUT2D eigenvalue weighted by Crippen LogP contribution is 2.30. The second-order valence-corrected chi connectivity index (χ2v) is 7.98. The van der Waals surface area contributed by atoms with E-state index in [9.17, 15) is 9.59 Å². The summed E-state index contributed by atoms with van der Waals surface area (Å²) in [6.45, 7) is 1.87. The maximum absolute atomic E-state index is 13.0. The van der Waals surface area contributed by atoms with Gasteiger partial charge in [0.25, 0.3) is 11.8 Å². The molecule has 2 aliphatic rings. The maximum atomic E-state index is 13.0. The van der Waals surface area contributed by atoms with Gasteiger partial charge in [0.05, 0.1) is 15.7 Å². The van der Waals surface area contributed by atoms with Gasteiger partial charge in [-0.3, -0.25) is 19.8 Å². The van der Waals surface area contributed by atoms with Gasteiger partial charge in [0.15, 0.2) is 11.0 Å². The largest absolute Gasteiger partial charge is 0.441 e. The molecule has 1 aromatic heterocycles. The topological polar surface area (TPSA) is 65.8 Å². The van der Waals surface area contributed by atoms with Gasteiger partial charge in [-0.2, -0.15) is 0 Å². The number of rotatable bonds is 3. The van der Waals surface area contributed by atoms with Crippen LogP contribution in [0.25, 0.3) is 6.08 Å². The number of carbonyl (C=O) groups is 2. The van der Waals surface area contributed by atoms with Gasteiger partial charge in [-0.05, 0) is 61.8 Å². The van der Waals surface area contributed by atoms with Gasteiger partial charge in [-0.25, -0.2) is 0 Å². The standard InChI is InChI=1S/C20H17Cl2N3O3S/c21-15-6-4-12(10-16(15)22)25-19(27)14(18(26)23-20(25)29)11-13-5-7-17(28-13)24-8-2-1-3-9-24/h4-7,10-11H,1-3,8-9H2,(H,23,26,29)/b14-11+. The van der Waals surface area contributed by atoms with Crippen LogP contribution >= 0.6 is 35.4 Å². The molecule has 2 saturated heterocycles. The predicted molar refractivity (Wildman–Crippen MR) is 117 cm³/mol. The van der Waals surface area contributed by atoms with E-state index in [4.69, 9.17) is 39.8 Å². The van der Waals surface area contributed by atoms with E-state index < -0.39 is 11.8 Å². The number of carbonyl (C=O) groups excluding carboxylic acids is 2. The van der Waals surface area contributed by atoms with Crippen LogP contribution in [0.4, 0.5) is 11.6 Å². The van der Waals surface area contributed by atoms with E-state index in [1.807, 2.05) is 6.07 Å². The number of benzene rings is 1. The monoisotopic (exact) mass is 449 g/mol. The molecule has 0 bridgehead atoms. The molecule has 2 fully saturated rings. The van der Waals surface area contributed by atoms with E-state index in [1.54, 1.807) is 18.2 Å². The third-order valence-electron chi connectivity index (χ3n) is 4.83. The van der Waals surface area contributed by atoms with Crippen LogP contribution in [-0.2, 0) is 9.59 Å². The number of furan rings is 1. The quantitative estimate of drug-likeness (QED) is 0.427. The number of thiocarbonyl (C=S) groups is 1. The van der Waals surface area contributed by atoms with Crippen molar-refractivity contribution >= 4 is 70.0 Å². The molecule has 1 N–H and O–H groups in total. The van der Waals surface area contributed by atoms with Crippen LogP contribution < -0.4 is 15.1 Å². The van der Waals surface area contributed by atoms with Crippen LogP contribution in [0.1, 0.15) is 25.0 Å². The van der Waals surface area contributed by atoms with Crippen molar-refractivity contribution in [3.05, 3.63) is 51.7 Å². The molecule has 0 radical (unpaired) electrons. The Bertz CT molecular complexity index is 1030. The summed E-state index contributed by atoms with van der Waals surface area (Å²) in [4.78, 5) is 28.8. The number of nitrogens with zero attached hydrogens (tertiary/aromatic N) is 2. The number of hydrogen-bond donors (Lipinski definition) is 1. The predicted octanol–water partition coefficient (Wildman–Crippen LogP) is 4.41. The van der Waals surface area contributed by atoms with Crippen molar-refractivity contribution in [2.24, 2.45) is 0 Å². The Morgan fingerprint density at radius 2 is 1.79 bits per heavy atom. The van der Waals surface area contributed by atoms with E-state index in [-0.39, 0.29) is 15.7 Å². The van der Waals surface area contributed by atoms with E-state index in [1.165, 1.54) is 23.5 Å². The molecule has 6 nitrogen and oxygen atoms in total. The van der Waals surface area contributed by atoms with Gasteiger partial charge in [0, 0.05) is 19.2 Å². The molecule has 4 rings (SSSR count). The average Bonchev–Trinajstić information content (AvgIpc) is 3.17. The summed E-state index contributed by atoms with van der Waals surface area (Å²) in [5.74, 6) is 0.0170. The van der Waals surface area contributed by atoms with Gasteiger partial charge in [0.1, 0.15) is 11.3 Å². The highest BCUT2D eigenvalue weighted by Gasteiger charge is 2.35. The van der Waals surface area contributed by atoms with Gasteiger partial charge in [-0.1, -0.05) is 23.2 Å². The van der Waals surface area contributed by atoms with Gasteiger partial charge in [0.2, 0.25) is 0 Å². The summed E-state index contributed by atoms with van der Waals surface area (Å²) in [5, 5.41) is 3.14. The minimum atomic E-state index is -0.577. The fourth-order valence-corrected chi connectivity index (χ4v) is 3.94. The minimum absolute atomic E-state index is 0.0241. The van der Waals surface area contributed by atoms with E-state index >= 15 is 0 Å². The van der Waals surface area contributed by atoms with Crippen molar-refractivity contribution in [3.8, 4) is 0 Å². The number of hydrogen-bond acceptors (Lipinski definition) is 5. The summed E-state index contributed by atoms with van der Waals surface area (Å²) in [7, 11) is 0. The molecule has 2 aliphatic heterocycles. The first kappa shape index (κ1) is 19.9. The Kier molecular flexibility index (Phi) is 5.63. The number of nitrogens with one attached hydrogen (secondary N) is 1. The molecule has 150 valence electrons. The lowest BCUT2D eigenvalue weighted by molar-refractivity contribution is -0.122. The molecule has 9 heteroatoms. The molecular weight excluding hydrogens is 433 g/mol. The van der Waals surface area contributed by atoms with Gasteiger partial charge < -0.3 is 9.32 Å². The molecule has 1 aromatic carbocycles. The number of piperidine rings is 1. The van der Waals surface area contributed by atoms with Gasteiger partial charge >= 0.3 is 0 Å². The second kappa shape index (κ2) is 8.18. The lowest BCUT2D eigenvalue weighted by Gasteiger charge is -2.29. The lowest BCUT2D eigenvalue weighted by atomic mass is 10.1. The van der Waals surface area contributed by atoms with Crippen molar-refractivity contribution < 1.29 is 14.0 Å². The first-order chi connectivity index (χ1) is 13.9. The van der Waals surface area contributed by atoms with E-state index in [0.29, 0.717) is 16.5 Å². The Morgan fingerprint density at radius 3 is 2.52 bits per heavy atom. The molecule has 0 spiro atoms. The van der Waals surface area contributed by atoms with Crippen molar-refractivity contribution in [2.75, 3.05) is 22.9 Å². The third-order valence-corrected chi connectivity index (χ3v) is 5.85. The average molecular weight is 450 g/mol. The molecule has 3 heterocycles. The number of amides is 2. The Balaban J connectivity index is 1.63. The van der Waals surface area contributed by atoms with Crippen LogP contribution in [0, 0.1) is 0 Å². The highest BCUT2D eigenvalue weighted by molar-refractivity contribution is 7.80. The lowest BCUT2D eigenvalue weighted by Crippen LogP contribution is -2.54. The molecule has 0 unspecified atom stereocenters. The summed E-state index contributed by atoms with van der Waals surface area (Å²) < 4.78 is 5.85. The zero-order valence-electron chi connectivity index (χ0n) is 15.3. The number of anilines is 2. The maximum Gasteiger partial charge on any atom is 0.270 e. The van der Waals surface area contributed by atoms with Crippen molar-refractivity contribution in [1.82, 2.24) is 5.32 Å². The molecule has 2 amide bonds. The van der Waals surface area contributed by atoms with Crippen molar-refractivity contribution in [2.45, 2.75) is 19.3 Å². The normalized spacial score (nSPS) is 19.1. The third kappa shape index (κ3) is 4.03. The molecule has 0 atom stereocenters. The summed E-state index contributed by atoms with van der Waals surface area (Å²) >= 11 is 17.2. The number of halogens is 2. The highest BCUT2D eigenvalue weighted by atomic mass is 35.5. The van der Waals surface area contributed by atoms with E-state index in [2.05, 4.69) is 10.2 Å². The SMILES string of the molecule is O=C1NC(=S)N(c2ccc(Cl)c(Cl)c2)C(=O)/C1=C/c1ccc(N2CCCCC2)o1. The first-order valence-corrected chi connectivity index (χ1v) is 10.3. The fourth-order valence-electron chi connectivity index (χ4n) is 3.36. The van der Waals surface area contributed by atoms with E-state index in [0.717, 1.165) is 31.8 Å². The molecule has 29 heavy (non-hydrogen) atoms. The fraction of sp³-hybridized carbons (Fsp3) is 0.250. The van der Waals surface area contributed by atoms with Crippen LogP contribution in [0.5, 0.6) is 0 Å². The first-order valence-electron chi connectivity index (χ1n) is 9.15. The van der Waals surface area contributed by atoms with Crippen LogP contribution in [0.15, 0.2) is 40.3 Å². The summed E-state index contributed by atoms with van der Waals surface area (Å²) in [6, 6.07) is 8.28. The van der Waals surface area contributed by atoms with Crippen molar-refractivity contribution in [3.63, 3.8) is 0 Å². The van der Waals surface area contributed by atoms with Gasteiger partial charge in [-0.15, -0.1) is 0 Å². The Labute approximate surface area is 183 Å². The Morgan fingerprint density at radius 1 is 1.03 bits per heavy atom. The van der Waals surface area contributed by atoms with Crippen molar-refractivity contribution in [1.29, 1.82) is 0 Å². The van der Waals surface area contributed by atoms with Crippen LogP contribution in [0.2, 0.25) is 10.0 Å². The summed E-state index contributed by atoms with van der Waals surface area (Å²) in [6.07, 6.45) is 4.88. The Hall–Kier alpha value is -2.35. The molecule has 0 saturated carbocycles. The van der Waals surface area contributed by atoms with Crippen LogP contribution in [-0.4, -0.2) is 30.0 Å². The zero-order valence-corrected chi connectivity index (χ0v) is 17.6. The molecule has 2 aromatic rings. The summed E-state index contributed by atoms with van der Waals surface area (Å²) in [5.41, 5.74) is 0.331. The molecular formula is C20H17Cl2N3O3S. The zero-order chi connectivity index (χ0) is 20.5. The van der Waals surface area contributed by atoms with Crippen LogP contribution in [0.3, 0.4) is 0 Å². The minimum Gasteiger partial charge on any atom is -0.441 e. The molecule has 0 aliphatic carbocycles. The smallest absolute Gasteiger partial charge is 0.270 e. The second-order valence-electron chi connectivity index (χ2n) is 6.78.